The molecule has 2 aromatic carbocycles. The van der Waals surface area contributed by atoms with E-state index in [-0.39, 0.29) is 0 Å². The molecule has 0 unspecified atom stereocenters. The number of hydrogen-bond donors (Lipinski definition) is 0. The average Bonchev–Trinajstić information content (AvgIpc) is 2.70. The zero-order chi connectivity index (χ0) is 24.5. The van der Waals surface area contributed by atoms with Gasteiger partial charge in [0.25, 0.3) is 0 Å². The molecule has 0 saturated heterocycles. The molecule has 0 radical (unpaired) electrons. The Kier molecular flexibility index (Phi) is 9.28. The lowest BCUT2D eigenvalue weighted by Crippen LogP contribution is -2.42. The van der Waals surface area contributed by atoms with Crippen molar-refractivity contribution in [2.75, 3.05) is 0 Å². The van der Waals surface area contributed by atoms with Crippen molar-refractivity contribution in [2.45, 2.75) is 119 Å². The normalized spacial score (nSPS) is 12.3. The first-order valence-corrected chi connectivity index (χ1v) is 15.7. The van der Waals surface area contributed by atoms with Gasteiger partial charge in [0.05, 0.1) is 0 Å². The maximum absolute atomic E-state index is 4.46. The van der Waals surface area contributed by atoms with E-state index in [4.69, 9.17) is 0 Å². The van der Waals surface area contributed by atoms with Crippen LogP contribution in [0.25, 0.3) is 0 Å². The Hall–Kier alpha value is -1.04. The van der Waals surface area contributed by atoms with Crippen LogP contribution in [0.15, 0.2) is 24.3 Å². The van der Waals surface area contributed by atoms with E-state index in [1.807, 2.05) is 0 Å². The molecule has 0 aromatic heterocycles. The average molecular weight is 467 g/mol. The number of hydrogen-bond acceptors (Lipinski definition) is 0. The van der Waals surface area contributed by atoms with Crippen molar-refractivity contribution in [3.8, 4) is 0 Å². The van der Waals surface area contributed by atoms with Gasteiger partial charge in [-0.1, -0.05) is 107 Å². The van der Waals surface area contributed by atoms with Crippen LogP contribution in [0, 0.1) is 0 Å². The lowest BCUT2D eigenvalue weighted by Gasteiger charge is -2.28. The summed E-state index contributed by atoms with van der Waals surface area (Å²) in [6, 6.07) is 10.0. The predicted octanol–water partition coefficient (Wildman–Crippen LogP) is 8.68. The van der Waals surface area contributed by atoms with Crippen LogP contribution in [-0.2, 0) is 0 Å². The fraction of sp³-hybridized carbons (Fsp3) is 0.600. The Balaban J connectivity index is 2.96. The van der Waals surface area contributed by atoms with Gasteiger partial charge in [0, 0.05) is 0 Å². The van der Waals surface area contributed by atoms with Crippen molar-refractivity contribution >= 4 is 26.8 Å². The largest absolute Gasteiger partial charge is 0.142 e. The highest BCUT2D eigenvalue weighted by Gasteiger charge is 2.26. The van der Waals surface area contributed by atoms with E-state index in [0.29, 0.717) is 35.5 Å². The summed E-state index contributed by atoms with van der Waals surface area (Å²) in [6.45, 7) is 28.2. The van der Waals surface area contributed by atoms with Crippen LogP contribution in [0.5, 0.6) is 0 Å². The highest BCUT2D eigenvalue weighted by Crippen LogP contribution is 2.29. The first kappa shape index (κ1) is 27.2. The molecule has 0 aliphatic heterocycles. The zero-order valence-electron chi connectivity index (χ0n) is 22.8. The maximum Gasteiger partial charge on any atom is 0.107 e. The van der Waals surface area contributed by atoms with Crippen LogP contribution < -0.4 is 10.4 Å². The van der Waals surface area contributed by atoms with E-state index in [1.165, 1.54) is 11.1 Å². The SMILES string of the molecule is CC(C)c1cc(C(C)C)c([Si](=P)c2c(C(C)C)cc(C(C)C)cc2C(C)C)c(C(C)C)c1. The van der Waals surface area contributed by atoms with Gasteiger partial charge in [-0.05, 0) is 79.3 Å². The molecule has 0 spiro atoms. The van der Waals surface area contributed by atoms with Crippen LogP contribution in [-0.4, -0.2) is 8.05 Å². The first-order valence-electron chi connectivity index (χ1n) is 12.7. The standard InChI is InChI=1S/C30H47PSi/c1-17(2)23-13-25(19(5)6)29(26(14-23)20(7)8)32(31)30-27(21(9)10)15-24(18(3)4)16-28(30)22(11)12/h13-22,31H,1-12H3. The third-order valence-corrected chi connectivity index (χ3v) is 10.4. The van der Waals surface area contributed by atoms with E-state index in [1.54, 1.807) is 32.6 Å². The summed E-state index contributed by atoms with van der Waals surface area (Å²) in [4.78, 5) is 0. The summed E-state index contributed by atoms with van der Waals surface area (Å²) < 4.78 is 0. The smallest absolute Gasteiger partial charge is 0.107 e. The molecule has 2 rings (SSSR count). The minimum absolute atomic E-state index is 0.512. The summed E-state index contributed by atoms with van der Waals surface area (Å²) in [6.07, 6.45) is 0. The van der Waals surface area contributed by atoms with Gasteiger partial charge in [-0.3, -0.25) is 0 Å². The van der Waals surface area contributed by atoms with Gasteiger partial charge in [0.15, 0.2) is 0 Å². The van der Waals surface area contributed by atoms with Crippen molar-refractivity contribution < 1.29 is 0 Å². The van der Waals surface area contributed by atoms with Gasteiger partial charge in [0.2, 0.25) is 0 Å². The van der Waals surface area contributed by atoms with Crippen molar-refractivity contribution in [2.24, 2.45) is 0 Å². The molecule has 2 aromatic rings. The van der Waals surface area contributed by atoms with E-state index in [9.17, 15) is 0 Å². The highest BCUT2D eigenvalue weighted by molar-refractivity contribution is 7.42. The second-order valence-electron chi connectivity index (χ2n) is 11.5. The van der Waals surface area contributed by atoms with E-state index in [2.05, 4.69) is 116 Å². The molecule has 0 nitrogen and oxygen atoms in total. The molecule has 2 heteroatoms. The van der Waals surface area contributed by atoms with Crippen molar-refractivity contribution in [1.82, 2.24) is 0 Å². The molecule has 32 heavy (non-hydrogen) atoms. The van der Waals surface area contributed by atoms with Gasteiger partial charge in [-0.2, -0.15) is 0 Å². The summed E-state index contributed by atoms with van der Waals surface area (Å²) in [5.74, 6) is 3.14. The lowest BCUT2D eigenvalue weighted by molar-refractivity contribution is 0.810. The summed E-state index contributed by atoms with van der Waals surface area (Å²) >= 11 is 0. The minimum Gasteiger partial charge on any atom is -0.142 e. The third kappa shape index (κ3) is 5.71. The number of benzene rings is 2. The van der Waals surface area contributed by atoms with Gasteiger partial charge < -0.3 is 0 Å². The van der Waals surface area contributed by atoms with E-state index >= 15 is 0 Å². The van der Waals surface area contributed by atoms with E-state index in [0.717, 1.165) is 0 Å². The summed E-state index contributed by atoms with van der Waals surface area (Å²) in [5, 5.41) is 3.20. The second kappa shape index (κ2) is 10.9. The van der Waals surface area contributed by atoms with Crippen molar-refractivity contribution in [3.63, 3.8) is 0 Å². The van der Waals surface area contributed by atoms with Gasteiger partial charge in [0.1, 0.15) is 8.05 Å². The molecule has 0 amide bonds. The Morgan fingerprint density at radius 2 is 0.656 bits per heavy atom. The molecule has 0 N–H and O–H groups in total. The summed E-state index contributed by atoms with van der Waals surface area (Å²) in [7, 11) is 3.34. The molecular formula is C30H47PSi. The molecule has 0 aliphatic rings. The third-order valence-electron chi connectivity index (χ3n) is 6.76. The quantitative estimate of drug-likeness (QED) is 0.270. The highest BCUT2D eigenvalue weighted by atomic mass is 31.1. The molecule has 0 fully saturated rings. The second-order valence-corrected chi connectivity index (χ2v) is 14.7. The Morgan fingerprint density at radius 1 is 0.438 bits per heavy atom. The van der Waals surface area contributed by atoms with Gasteiger partial charge in [-0.15, -0.1) is 8.38 Å². The summed E-state index contributed by atoms with van der Waals surface area (Å²) in [5.41, 5.74) is 9.13. The number of rotatable bonds is 8. The van der Waals surface area contributed by atoms with E-state index < -0.39 is 8.05 Å². The van der Waals surface area contributed by atoms with Crippen molar-refractivity contribution in [1.29, 1.82) is 0 Å². The van der Waals surface area contributed by atoms with Crippen LogP contribution in [0.1, 0.15) is 152 Å². The Labute approximate surface area is 202 Å². The maximum atomic E-state index is 4.46. The van der Waals surface area contributed by atoms with Gasteiger partial charge in [-0.25, -0.2) is 0 Å². The predicted molar refractivity (Wildman–Crippen MR) is 151 cm³/mol. The monoisotopic (exact) mass is 466 g/mol. The molecule has 0 bridgehead atoms. The van der Waals surface area contributed by atoms with Crippen LogP contribution in [0.3, 0.4) is 0 Å². The van der Waals surface area contributed by atoms with Crippen LogP contribution in [0.4, 0.5) is 0 Å². The fourth-order valence-corrected chi connectivity index (χ4v) is 9.19. The molecule has 176 valence electrons. The fourth-order valence-electron chi connectivity index (χ4n) is 4.61. The zero-order valence-corrected chi connectivity index (χ0v) is 24.8. The van der Waals surface area contributed by atoms with Crippen LogP contribution >= 0.6 is 8.38 Å². The van der Waals surface area contributed by atoms with Crippen LogP contribution in [0.2, 0.25) is 0 Å². The Bertz CT molecular complexity index is 825. The lowest BCUT2D eigenvalue weighted by atomic mass is 9.89. The minimum atomic E-state index is -1.12. The van der Waals surface area contributed by atoms with Gasteiger partial charge >= 0.3 is 0 Å². The van der Waals surface area contributed by atoms with Crippen molar-refractivity contribution in [3.05, 3.63) is 57.6 Å². The topological polar surface area (TPSA) is 0 Å². The molecule has 0 heterocycles. The molecule has 0 atom stereocenters. The molecular weight excluding hydrogens is 419 g/mol. The molecule has 0 aliphatic carbocycles. The Morgan fingerprint density at radius 3 is 0.812 bits per heavy atom. The first-order chi connectivity index (χ1) is 14.8. The molecule has 0 saturated carbocycles.